The molecule has 18 heavy (non-hydrogen) atoms. The predicted molar refractivity (Wildman–Crippen MR) is 75.9 cm³/mol. The summed E-state index contributed by atoms with van der Waals surface area (Å²) in [5, 5.41) is 3.71. The molecule has 2 rings (SSSR count). The molecule has 1 N–H and O–H groups in total. The quantitative estimate of drug-likeness (QED) is 0.814. The second kappa shape index (κ2) is 7.46. The van der Waals surface area contributed by atoms with Gasteiger partial charge in [0.25, 0.3) is 0 Å². The zero-order valence-corrected chi connectivity index (χ0v) is 12.2. The number of piperidine rings is 1. The predicted octanol–water partition coefficient (Wildman–Crippen LogP) is 2.27. The number of nitrogens with zero attached hydrogens (tertiary/aromatic N) is 1. The first-order valence-corrected chi connectivity index (χ1v) is 7.78. The van der Waals surface area contributed by atoms with Gasteiger partial charge in [0.2, 0.25) is 0 Å². The highest BCUT2D eigenvalue weighted by Crippen LogP contribution is 2.19. The van der Waals surface area contributed by atoms with E-state index in [2.05, 4.69) is 24.2 Å². The lowest BCUT2D eigenvalue weighted by Crippen LogP contribution is -2.42. The third-order valence-electron chi connectivity index (χ3n) is 4.77. The van der Waals surface area contributed by atoms with E-state index in [1.165, 1.54) is 45.1 Å². The summed E-state index contributed by atoms with van der Waals surface area (Å²) in [5.41, 5.74) is 0. The van der Waals surface area contributed by atoms with Gasteiger partial charge in [-0.1, -0.05) is 6.42 Å². The summed E-state index contributed by atoms with van der Waals surface area (Å²) in [5.74, 6) is 0.725. The van der Waals surface area contributed by atoms with E-state index in [0.29, 0.717) is 6.04 Å². The zero-order valence-electron chi connectivity index (χ0n) is 12.2. The molecule has 0 amide bonds. The average Bonchev–Trinajstić information content (AvgIpc) is 2.42. The van der Waals surface area contributed by atoms with Gasteiger partial charge in [0, 0.05) is 18.7 Å². The van der Waals surface area contributed by atoms with Crippen molar-refractivity contribution in [3.8, 4) is 0 Å². The van der Waals surface area contributed by atoms with Gasteiger partial charge in [-0.25, -0.2) is 0 Å². The molecule has 2 heterocycles. The molecular weight excluding hydrogens is 224 g/mol. The number of likely N-dealkylation sites (tertiary alicyclic amines) is 1. The van der Waals surface area contributed by atoms with Crippen molar-refractivity contribution in [3.63, 3.8) is 0 Å². The molecule has 0 saturated carbocycles. The molecule has 106 valence electrons. The highest BCUT2D eigenvalue weighted by molar-refractivity contribution is 4.78. The van der Waals surface area contributed by atoms with Crippen molar-refractivity contribution in [1.82, 2.24) is 10.2 Å². The Hall–Kier alpha value is -0.120. The van der Waals surface area contributed by atoms with Crippen molar-refractivity contribution in [2.75, 3.05) is 33.4 Å². The third-order valence-corrected chi connectivity index (χ3v) is 4.77. The molecule has 3 heteroatoms. The molecule has 0 aliphatic carbocycles. The van der Waals surface area contributed by atoms with Crippen LogP contribution in [0, 0.1) is 5.92 Å². The minimum Gasteiger partial charge on any atom is -0.381 e. The van der Waals surface area contributed by atoms with Crippen LogP contribution in [0.3, 0.4) is 0 Å². The summed E-state index contributed by atoms with van der Waals surface area (Å²) in [7, 11) is 2.28. The van der Waals surface area contributed by atoms with Crippen molar-refractivity contribution in [2.45, 2.75) is 57.5 Å². The largest absolute Gasteiger partial charge is 0.381 e. The molecule has 0 aromatic rings. The normalized spacial score (nSPS) is 32.3. The van der Waals surface area contributed by atoms with Gasteiger partial charge in [0.05, 0.1) is 6.61 Å². The Balaban J connectivity index is 1.61. The number of nitrogens with one attached hydrogen (secondary N) is 1. The SMILES string of the molecule is C[C@H](NCC[C@@H]1CCCCN1C)[C@@H]1CCCOC1. The van der Waals surface area contributed by atoms with E-state index in [1.807, 2.05) is 0 Å². The first-order chi connectivity index (χ1) is 8.77. The first kappa shape index (κ1) is 14.3. The van der Waals surface area contributed by atoms with E-state index in [-0.39, 0.29) is 0 Å². The van der Waals surface area contributed by atoms with E-state index in [1.54, 1.807) is 0 Å². The van der Waals surface area contributed by atoms with E-state index in [4.69, 9.17) is 4.74 Å². The molecule has 0 spiro atoms. The van der Waals surface area contributed by atoms with Gasteiger partial charge in [-0.2, -0.15) is 0 Å². The molecule has 0 unspecified atom stereocenters. The summed E-state index contributed by atoms with van der Waals surface area (Å²) in [6, 6.07) is 1.42. The van der Waals surface area contributed by atoms with Crippen LogP contribution in [0.1, 0.15) is 45.4 Å². The van der Waals surface area contributed by atoms with Gasteiger partial charge in [-0.05, 0) is 65.1 Å². The summed E-state index contributed by atoms with van der Waals surface area (Å²) in [6.07, 6.45) is 8.06. The van der Waals surface area contributed by atoms with Crippen molar-refractivity contribution in [2.24, 2.45) is 5.92 Å². The Kier molecular flexibility index (Phi) is 5.93. The number of hydrogen-bond donors (Lipinski definition) is 1. The van der Waals surface area contributed by atoms with Crippen LogP contribution in [-0.4, -0.2) is 50.3 Å². The summed E-state index contributed by atoms with van der Waals surface area (Å²) in [4.78, 5) is 2.54. The molecule has 0 aromatic carbocycles. The Bertz CT molecular complexity index is 229. The molecule has 2 fully saturated rings. The van der Waals surface area contributed by atoms with Crippen LogP contribution >= 0.6 is 0 Å². The van der Waals surface area contributed by atoms with Crippen molar-refractivity contribution in [3.05, 3.63) is 0 Å². The second-order valence-corrected chi connectivity index (χ2v) is 6.14. The minimum atomic E-state index is 0.610. The standard InChI is InChI=1S/C15H30N2O/c1-13(14-6-5-11-18-12-14)16-9-8-15-7-3-4-10-17(15)2/h13-16H,3-12H2,1-2H3/t13-,14+,15-/m0/s1. The van der Waals surface area contributed by atoms with E-state index in [9.17, 15) is 0 Å². The maximum atomic E-state index is 5.57. The van der Waals surface area contributed by atoms with Crippen molar-refractivity contribution in [1.29, 1.82) is 0 Å². The van der Waals surface area contributed by atoms with E-state index >= 15 is 0 Å². The van der Waals surface area contributed by atoms with Gasteiger partial charge >= 0.3 is 0 Å². The fraction of sp³-hybridized carbons (Fsp3) is 1.00. The number of rotatable bonds is 5. The van der Waals surface area contributed by atoms with Gasteiger partial charge in [-0.3, -0.25) is 0 Å². The third kappa shape index (κ3) is 4.22. The first-order valence-electron chi connectivity index (χ1n) is 7.78. The summed E-state index contributed by atoms with van der Waals surface area (Å²) >= 11 is 0. The van der Waals surface area contributed by atoms with E-state index < -0.39 is 0 Å². The maximum absolute atomic E-state index is 5.57. The Morgan fingerprint density at radius 3 is 2.89 bits per heavy atom. The lowest BCUT2D eigenvalue weighted by atomic mass is 9.94. The molecule has 2 aliphatic heterocycles. The highest BCUT2D eigenvalue weighted by Gasteiger charge is 2.22. The fourth-order valence-electron chi connectivity index (χ4n) is 3.31. The van der Waals surface area contributed by atoms with Crippen LogP contribution in [-0.2, 0) is 4.74 Å². The van der Waals surface area contributed by atoms with Crippen molar-refractivity contribution < 1.29 is 4.74 Å². The molecule has 2 saturated heterocycles. The van der Waals surface area contributed by atoms with Crippen LogP contribution in [0.15, 0.2) is 0 Å². The Labute approximate surface area is 112 Å². The topological polar surface area (TPSA) is 24.5 Å². The van der Waals surface area contributed by atoms with Gasteiger partial charge < -0.3 is 15.0 Å². The van der Waals surface area contributed by atoms with E-state index in [0.717, 1.165) is 31.7 Å². The summed E-state index contributed by atoms with van der Waals surface area (Å²) in [6.45, 7) is 6.70. The monoisotopic (exact) mass is 254 g/mol. The molecule has 3 atom stereocenters. The smallest absolute Gasteiger partial charge is 0.0509 e. The molecule has 0 radical (unpaired) electrons. The van der Waals surface area contributed by atoms with Crippen LogP contribution in [0.25, 0.3) is 0 Å². The Morgan fingerprint density at radius 2 is 2.17 bits per heavy atom. The lowest BCUT2D eigenvalue weighted by molar-refractivity contribution is 0.0415. The molecule has 3 nitrogen and oxygen atoms in total. The zero-order chi connectivity index (χ0) is 12.8. The van der Waals surface area contributed by atoms with Crippen LogP contribution in [0.4, 0.5) is 0 Å². The van der Waals surface area contributed by atoms with Crippen LogP contribution in [0.2, 0.25) is 0 Å². The number of hydrogen-bond acceptors (Lipinski definition) is 3. The minimum absolute atomic E-state index is 0.610. The molecule has 0 aromatic heterocycles. The molecule has 0 bridgehead atoms. The molecule has 2 aliphatic rings. The average molecular weight is 254 g/mol. The van der Waals surface area contributed by atoms with Crippen LogP contribution in [0.5, 0.6) is 0 Å². The summed E-state index contributed by atoms with van der Waals surface area (Å²) < 4.78 is 5.57. The van der Waals surface area contributed by atoms with Crippen LogP contribution < -0.4 is 5.32 Å². The number of ether oxygens (including phenoxy) is 1. The van der Waals surface area contributed by atoms with Gasteiger partial charge in [-0.15, -0.1) is 0 Å². The van der Waals surface area contributed by atoms with Gasteiger partial charge in [0.1, 0.15) is 0 Å². The Morgan fingerprint density at radius 1 is 1.28 bits per heavy atom. The second-order valence-electron chi connectivity index (χ2n) is 6.14. The van der Waals surface area contributed by atoms with Crippen molar-refractivity contribution >= 4 is 0 Å². The maximum Gasteiger partial charge on any atom is 0.0509 e. The molecular formula is C15H30N2O. The fourth-order valence-corrected chi connectivity index (χ4v) is 3.31. The van der Waals surface area contributed by atoms with Gasteiger partial charge in [0.15, 0.2) is 0 Å². The highest BCUT2D eigenvalue weighted by atomic mass is 16.5. The lowest BCUT2D eigenvalue weighted by Gasteiger charge is -2.33.